The highest BCUT2D eigenvalue weighted by Gasteiger charge is 2.39. The van der Waals surface area contributed by atoms with Gasteiger partial charge >= 0.3 is 10.2 Å². The Balaban J connectivity index is 1.43. The maximum Gasteiger partial charge on any atom is 0.332 e. The number of carbonyl (C=O) groups is 3. The van der Waals surface area contributed by atoms with Gasteiger partial charge in [-0.3, -0.25) is 14.4 Å². The van der Waals surface area contributed by atoms with Crippen LogP contribution in [0.5, 0.6) is 0 Å². The van der Waals surface area contributed by atoms with Gasteiger partial charge in [0.05, 0.1) is 17.0 Å². The first-order chi connectivity index (χ1) is 19.5. The Bertz CT molecular complexity index is 1390. The van der Waals surface area contributed by atoms with Crippen LogP contribution in [-0.4, -0.2) is 69.3 Å². The first kappa shape index (κ1) is 30.5. The SMILES string of the molecule is CNC(C)C(=O)NC(CNCc1ccc(S(=O)(=O)F)cc1)C(=O)N1CCCC1C(=O)NC1CCc2c(F)cccc21. The summed E-state index contributed by atoms with van der Waals surface area (Å²) in [5, 5.41) is 11.7. The van der Waals surface area contributed by atoms with Crippen LogP contribution in [0.1, 0.15) is 48.9 Å². The number of hydrogen-bond acceptors (Lipinski definition) is 7. The Morgan fingerprint density at radius 2 is 1.83 bits per heavy atom. The summed E-state index contributed by atoms with van der Waals surface area (Å²) in [6, 6.07) is 7.41. The number of hydrogen-bond donors (Lipinski definition) is 4. The van der Waals surface area contributed by atoms with Crippen molar-refractivity contribution in [3.05, 3.63) is 65.0 Å². The molecule has 0 bridgehead atoms. The predicted molar refractivity (Wildman–Crippen MR) is 147 cm³/mol. The van der Waals surface area contributed by atoms with E-state index in [1.165, 1.54) is 23.1 Å². The largest absolute Gasteiger partial charge is 0.347 e. The minimum atomic E-state index is -4.81. The molecule has 1 fully saturated rings. The molecule has 10 nitrogen and oxygen atoms in total. The molecule has 4 N–H and O–H groups in total. The summed E-state index contributed by atoms with van der Waals surface area (Å²) >= 11 is 0. The third kappa shape index (κ3) is 7.27. The fourth-order valence-electron chi connectivity index (χ4n) is 5.29. The first-order valence-electron chi connectivity index (χ1n) is 13.6. The lowest BCUT2D eigenvalue weighted by molar-refractivity contribution is -0.141. The van der Waals surface area contributed by atoms with Gasteiger partial charge in [0.25, 0.3) is 0 Å². The molecule has 4 unspecified atom stereocenters. The lowest BCUT2D eigenvalue weighted by Gasteiger charge is -2.30. The number of carbonyl (C=O) groups excluding carboxylic acids is 3. The van der Waals surface area contributed by atoms with Gasteiger partial charge in [0.1, 0.15) is 17.9 Å². The molecule has 0 spiro atoms. The lowest BCUT2D eigenvalue weighted by atomic mass is 10.1. The lowest BCUT2D eigenvalue weighted by Crippen LogP contribution is -2.58. The molecule has 3 amide bonds. The quantitative estimate of drug-likeness (QED) is 0.291. The fourth-order valence-corrected chi connectivity index (χ4v) is 5.75. The summed E-state index contributed by atoms with van der Waals surface area (Å²) in [6.07, 6.45) is 2.18. The number of likely N-dealkylation sites (tertiary alicyclic amines) is 1. The van der Waals surface area contributed by atoms with Crippen molar-refractivity contribution < 1.29 is 31.1 Å². The van der Waals surface area contributed by atoms with Crippen LogP contribution >= 0.6 is 0 Å². The van der Waals surface area contributed by atoms with Crippen LogP contribution < -0.4 is 21.3 Å². The highest BCUT2D eigenvalue weighted by Crippen LogP contribution is 2.33. The molecule has 2 aliphatic rings. The Morgan fingerprint density at radius 3 is 2.51 bits per heavy atom. The zero-order chi connectivity index (χ0) is 29.7. The van der Waals surface area contributed by atoms with Crippen molar-refractivity contribution in [2.75, 3.05) is 20.1 Å². The number of likely N-dealkylation sites (N-methyl/N-ethyl adjacent to an activating group) is 1. The minimum absolute atomic E-state index is 0.0320. The van der Waals surface area contributed by atoms with Gasteiger partial charge in [0, 0.05) is 19.6 Å². The Labute approximate surface area is 238 Å². The van der Waals surface area contributed by atoms with E-state index in [-0.39, 0.29) is 30.9 Å². The van der Waals surface area contributed by atoms with E-state index in [1.807, 2.05) is 0 Å². The Kier molecular flexibility index (Phi) is 9.72. The molecule has 2 aromatic rings. The van der Waals surface area contributed by atoms with Crippen LogP contribution in [-0.2, 0) is 37.6 Å². The van der Waals surface area contributed by atoms with E-state index in [4.69, 9.17) is 0 Å². The molecule has 4 atom stereocenters. The number of nitrogens with one attached hydrogen (secondary N) is 4. The van der Waals surface area contributed by atoms with Crippen LogP contribution in [0.3, 0.4) is 0 Å². The van der Waals surface area contributed by atoms with Crippen molar-refractivity contribution >= 4 is 27.9 Å². The van der Waals surface area contributed by atoms with E-state index in [0.29, 0.717) is 43.4 Å². The summed E-state index contributed by atoms with van der Waals surface area (Å²) < 4.78 is 49.5. The normalized spacial score (nSPS) is 19.9. The molecule has 0 aromatic heterocycles. The molecule has 1 heterocycles. The first-order valence-corrected chi connectivity index (χ1v) is 15.0. The van der Waals surface area contributed by atoms with Gasteiger partial charge in [-0.25, -0.2) is 4.39 Å². The van der Waals surface area contributed by atoms with Crippen LogP contribution in [0.2, 0.25) is 0 Å². The number of halogens is 2. The van der Waals surface area contributed by atoms with Crippen molar-refractivity contribution in [3.8, 4) is 0 Å². The maximum absolute atomic E-state index is 14.2. The number of nitrogens with zero attached hydrogens (tertiary/aromatic N) is 1. The summed E-state index contributed by atoms with van der Waals surface area (Å²) in [5.41, 5.74) is 2.00. The van der Waals surface area contributed by atoms with Crippen LogP contribution in [0.25, 0.3) is 0 Å². The summed E-state index contributed by atoms with van der Waals surface area (Å²) in [4.78, 5) is 40.7. The molecule has 41 heavy (non-hydrogen) atoms. The second-order valence-electron chi connectivity index (χ2n) is 10.4. The van der Waals surface area contributed by atoms with Crippen LogP contribution in [0.15, 0.2) is 47.4 Å². The third-order valence-corrected chi connectivity index (χ3v) is 8.53. The third-order valence-electron chi connectivity index (χ3n) is 7.69. The number of amides is 3. The predicted octanol–water partition coefficient (Wildman–Crippen LogP) is 1.46. The molecule has 1 saturated heterocycles. The van der Waals surface area contributed by atoms with E-state index < -0.39 is 45.1 Å². The molecule has 0 saturated carbocycles. The second-order valence-corrected chi connectivity index (χ2v) is 11.7. The number of benzene rings is 2. The standard InChI is InChI=1S/C28H35F2N5O5S/c1-17(31-2)26(36)34-24(16-32-15-18-8-10-19(11-9-18)41(30,39)40)28(38)35-14-4-7-25(35)27(37)33-23-13-12-20-21(23)5-3-6-22(20)29/h3,5-6,8-11,17,23-25,31-32H,4,7,12-16H2,1-2H3,(H,33,37)(H,34,36). The zero-order valence-corrected chi connectivity index (χ0v) is 23.8. The van der Waals surface area contributed by atoms with Gasteiger partial charge < -0.3 is 26.2 Å². The minimum Gasteiger partial charge on any atom is -0.347 e. The van der Waals surface area contributed by atoms with Gasteiger partial charge in [0.2, 0.25) is 17.7 Å². The van der Waals surface area contributed by atoms with Crippen molar-refractivity contribution in [2.24, 2.45) is 0 Å². The zero-order valence-electron chi connectivity index (χ0n) is 23.0. The highest BCUT2D eigenvalue weighted by atomic mass is 32.3. The molecule has 2 aromatic carbocycles. The highest BCUT2D eigenvalue weighted by molar-refractivity contribution is 7.86. The number of rotatable bonds is 11. The van der Waals surface area contributed by atoms with E-state index in [2.05, 4.69) is 21.3 Å². The average molecular weight is 592 g/mol. The molecule has 222 valence electrons. The molecular formula is C28H35F2N5O5S. The van der Waals surface area contributed by atoms with E-state index >= 15 is 0 Å². The monoisotopic (exact) mass is 591 g/mol. The van der Waals surface area contributed by atoms with Crippen LogP contribution in [0.4, 0.5) is 8.28 Å². The van der Waals surface area contributed by atoms with Gasteiger partial charge in [-0.2, -0.15) is 8.42 Å². The molecule has 1 aliphatic heterocycles. The van der Waals surface area contributed by atoms with Gasteiger partial charge in [0.15, 0.2) is 0 Å². The Morgan fingerprint density at radius 1 is 1.10 bits per heavy atom. The van der Waals surface area contributed by atoms with Gasteiger partial charge in [-0.1, -0.05) is 24.3 Å². The molecular weight excluding hydrogens is 556 g/mol. The van der Waals surface area contributed by atoms with Crippen LogP contribution in [0, 0.1) is 5.82 Å². The summed E-state index contributed by atoms with van der Waals surface area (Å²) in [7, 11) is -3.19. The maximum atomic E-state index is 14.2. The molecule has 4 rings (SSSR count). The van der Waals surface area contributed by atoms with Crippen molar-refractivity contribution in [1.82, 2.24) is 26.2 Å². The molecule has 13 heteroatoms. The average Bonchev–Trinajstić information content (AvgIpc) is 3.60. The van der Waals surface area contributed by atoms with E-state index in [1.54, 1.807) is 26.1 Å². The fraction of sp³-hybridized carbons (Fsp3) is 0.464. The van der Waals surface area contributed by atoms with Crippen molar-refractivity contribution in [1.29, 1.82) is 0 Å². The van der Waals surface area contributed by atoms with Crippen molar-refractivity contribution in [3.63, 3.8) is 0 Å². The second kappa shape index (κ2) is 13.0. The Hall–Kier alpha value is -3.42. The smallest absolute Gasteiger partial charge is 0.332 e. The van der Waals surface area contributed by atoms with E-state index in [9.17, 15) is 31.1 Å². The van der Waals surface area contributed by atoms with E-state index in [0.717, 1.165) is 17.7 Å². The van der Waals surface area contributed by atoms with Crippen molar-refractivity contribution in [2.45, 2.75) is 68.2 Å². The summed E-state index contributed by atoms with van der Waals surface area (Å²) in [6.45, 7) is 2.25. The van der Waals surface area contributed by atoms with Gasteiger partial charge in [-0.15, -0.1) is 3.89 Å². The number of fused-ring (bicyclic) bond motifs is 1. The molecule has 1 aliphatic carbocycles. The molecule has 0 radical (unpaired) electrons. The summed E-state index contributed by atoms with van der Waals surface area (Å²) in [5.74, 6) is -1.41. The van der Waals surface area contributed by atoms with Gasteiger partial charge in [-0.05, 0) is 74.5 Å². The topological polar surface area (TPSA) is 137 Å².